The van der Waals surface area contributed by atoms with Crippen LogP contribution in [0.1, 0.15) is 41.0 Å². The van der Waals surface area contributed by atoms with Crippen molar-refractivity contribution in [3.63, 3.8) is 0 Å². The van der Waals surface area contributed by atoms with Crippen LogP contribution in [0.4, 0.5) is 5.69 Å². The van der Waals surface area contributed by atoms with Gasteiger partial charge in [0, 0.05) is 11.1 Å². The minimum absolute atomic E-state index is 0.111. The van der Waals surface area contributed by atoms with Crippen LogP contribution in [0.15, 0.2) is 39.7 Å². The second-order valence-corrected chi connectivity index (χ2v) is 9.17. The molecule has 0 radical (unpaired) electrons. The lowest BCUT2D eigenvalue weighted by molar-refractivity contribution is 0.0803. The van der Waals surface area contributed by atoms with Gasteiger partial charge in [0.1, 0.15) is 22.2 Å². The van der Waals surface area contributed by atoms with Crippen molar-refractivity contribution in [1.29, 1.82) is 5.41 Å². The number of ether oxygens (including phenoxy) is 1. The van der Waals surface area contributed by atoms with Gasteiger partial charge in [0.05, 0.1) is 54.3 Å². The van der Waals surface area contributed by atoms with Crippen LogP contribution < -0.4 is 16.2 Å². The fourth-order valence-electron chi connectivity index (χ4n) is 4.52. The first-order valence-electron chi connectivity index (χ1n) is 11.4. The predicted octanol–water partition coefficient (Wildman–Crippen LogP) is 4.33. The molecule has 3 aromatic heterocycles. The predicted molar refractivity (Wildman–Crippen MR) is 136 cm³/mol. The molecule has 0 fully saturated rings. The number of nitrogens with one attached hydrogen (secondary N) is 3. The molecule has 0 amide bonds. The van der Waals surface area contributed by atoms with Crippen molar-refractivity contribution in [2.75, 3.05) is 11.9 Å². The standard InChI is InChI=1S/C25H25ClN6O4/c1-12-8-15(14(3)29-18-4-5-20(26)30-21(18)25(27)31-34)24-16(9-12)22(33)13(2)23(36-24)17-10-28-32-6-7-35-11-19(17)32/h4-5,8-10,14,29,34H,6-7,11H2,1-3H3,(H2,27,31)/t14-/m1/s1. The van der Waals surface area contributed by atoms with Gasteiger partial charge in [-0.25, -0.2) is 4.98 Å². The van der Waals surface area contributed by atoms with Gasteiger partial charge in [-0.2, -0.15) is 5.10 Å². The molecule has 5 rings (SSSR count). The molecule has 36 heavy (non-hydrogen) atoms. The zero-order valence-electron chi connectivity index (χ0n) is 20.0. The molecule has 0 saturated heterocycles. The van der Waals surface area contributed by atoms with Crippen LogP contribution in [-0.2, 0) is 17.9 Å². The molecule has 0 aliphatic carbocycles. The Hall–Kier alpha value is -3.73. The minimum Gasteiger partial charge on any atom is -0.455 e. The van der Waals surface area contributed by atoms with Crippen LogP contribution >= 0.6 is 11.6 Å². The second kappa shape index (κ2) is 9.38. The lowest BCUT2D eigenvalue weighted by atomic mass is 9.98. The van der Waals surface area contributed by atoms with Crippen molar-refractivity contribution in [2.24, 2.45) is 0 Å². The monoisotopic (exact) mass is 508 g/mol. The van der Waals surface area contributed by atoms with Crippen LogP contribution in [0.3, 0.4) is 0 Å². The molecule has 1 aliphatic heterocycles. The summed E-state index contributed by atoms with van der Waals surface area (Å²) in [7, 11) is 0. The molecule has 1 aliphatic rings. The molecule has 0 bridgehead atoms. The molecule has 0 spiro atoms. The van der Waals surface area contributed by atoms with E-state index in [9.17, 15) is 10.0 Å². The van der Waals surface area contributed by atoms with Crippen molar-refractivity contribution in [3.05, 3.63) is 73.9 Å². The summed E-state index contributed by atoms with van der Waals surface area (Å²) >= 11 is 6.01. The fourth-order valence-corrected chi connectivity index (χ4v) is 4.67. The number of benzene rings is 1. The Morgan fingerprint density at radius 1 is 1.31 bits per heavy atom. The number of pyridine rings is 1. The summed E-state index contributed by atoms with van der Waals surface area (Å²) in [5, 5.41) is 25.6. The van der Waals surface area contributed by atoms with Gasteiger partial charge in [0.25, 0.3) is 0 Å². The molecule has 186 valence electrons. The Kier molecular flexibility index (Phi) is 6.25. The average molecular weight is 509 g/mol. The minimum atomic E-state index is -0.358. The molecule has 4 heterocycles. The third-order valence-corrected chi connectivity index (χ3v) is 6.53. The van der Waals surface area contributed by atoms with E-state index < -0.39 is 0 Å². The Labute approximate surface area is 211 Å². The van der Waals surface area contributed by atoms with Crippen LogP contribution in [0.25, 0.3) is 22.3 Å². The first-order chi connectivity index (χ1) is 17.3. The number of aromatic nitrogens is 3. The van der Waals surface area contributed by atoms with E-state index in [1.807, 2.05) is 30.7 Å². The Bertz CT molecular complexity index is 1560. The summed E-state index contributed by atoms with van der Waals surface area (Å²) in [6.07, 6.45) is 1.72. The number of aryl methyl sites for hydroxylation is 1. The van der Waals surface area contributed by atoms with Crippen LogP contribution in [0.2, 0.25) is 5.15 Å². The number of hydrogen-bond donors (Lipinski definition) is 4. The lowest BCUT2D eigenvalue weighted by Gasteiger charge is -2.20. The number of hydroxylamine groups is 1. The van der Waals surface area contributed by atoms with Gasteiger partial charge < -0.3 is 14.5 Å². The summed E-state index contributed by atoms with van der Waals surface area (Å²) in [6.45, 7) is 7.23. The Morgan fingerprint density at radius 2 is 2.11 bits per heavy atom. The van der Waals surface area contributed by atoms with Crippen molar-refractivity contribution >= 4 is 34.1 Å². The average Bonchev–Trinajstić information content (AvgIpc) is 3.30. The summed E-state index contributed by atoms with van der Waals surface area (Å²) in [6, 6.07) is 6.69. The van der Waals surface area contributed by atoms with Gasteiger partial charge >= 0.3 is 0 Å². The van der Waals surface area contributed by atoms with Gasteiger partial charge in [0.15, 0.2) is 11.3 Å². The number of nitrogens with zero attached hydrogens (tertiary/aromatic N) is 3. The highest BCUT2D eigenvalue weighted by Crippen LogP contribution is 2.34. The van der Waals surface area contributed by atoms with Crippen LogP contribution in [0, 0.1) is 19.3 Å². The molecule has 1 atom stereocenters. The van der Waals surface area contributed by atoms with Crippen LogP contribution in [-0.4, -0.2) is 32.4 Å². The van der Waals surface area contributed by atoms with E-state index in [-0.39, 0.29) is 28.2 Å². The van der Waals surface area contributed by atoms with Crippen molar-refractivity contribution in [2.45, 2.75) is 40.0 Å². The first kappa shape index (κ1) is 24.0. The van der Waals surface area contributed by atoms with Crippen LogP contribution in [0.5, 0.6) is 0 Å². The van der Waals surface area contributed by atoms with E-state index in [1.165, 1.54) is 0 Å². The molecule has 4 N–H and O–H groups in total. The third-order valence-electron chi connectivity index (χ3n) is 6.32. The maximum absolute atomic E-state index is 13.5. The van der Waals surface area contributed by atoms with Gasteiger partial charge in [-0.15, -0.1) is 0 Å². The first-order valence-corrected chi connectivity index (χ1v) is 11.8. The van der Waals surface area contributed by atoms with E-state index in [1.54, 1.807) is 30.7 Å². The number of amidine groups is 1. The van der Waals surface area contributed by atoms with E-state index in [0.717, 1.165) is 22.4 Å². The molecule has 0 unspecified atom stereocenters. The molecule has 1 aromatic carbocycles. The van der Waals surface area contributed by atoms with E-state index in [4.69, 9.17) is 26.2 Å². The van der Waals surface area contributed by atoms with Crippen molar-refractivity contribution in [3.8, 4) is 11.3 Å². The molecule has 11 heteroatoms. The van der Waals surface area contributed by atoms with E-state index in [0.29, 0.717) is 47.7 Å². The second-order valence-electron chi connectivity index (χ2n) is 8.78. The number of anilines is 1. The van der Waals surface area contributed by atoms with E-state index >= 15 is 0 Å². The molecule has 10 nitrogen and oxygen atoms in total. The third kappa shape index (κ3) is 4.13. The van der Waals surface area contributed by atoms with Crippen molar-refractivity contribution < 1.29 is 14.4 Å². The summed E-state index contributed by atoms with van der Waals surface area (Å²) < 4.78 is 14.0. The zero-order valence-corrected chi connectivity index (χ0v) is 20.7. The van der Waals surface area contributed by atoms with Gasteiger partial charge in [0.2, 0.25) is 0 Å². The fraction of sp³-hybridized carbons (Fsp3) is 0.280. The molecule has 0 saturated carbocycles. The summed E-state index contributed by atoms with van der Waals surface area (Å²) in [5.41, 5.74) is 6.56. The summed E-state index contributed by atoms with van der Waals surface area (Å²) in [4.78, 5) is 17.6. The number of halogens is 1. The van der Waals surface area contributed by atoms with Crippen molar-refractivity contribution in [1.82, 2.24) is 20.2 Å². The number of rotatable bonds is 5. The molecular formula is C25H25ClN6O4. The molecule has 4 aromatic rings. The maximum atomic E-state index is 13.5. The maximum Gasteiger partial charge on any atom is 0.196 e. The normalized spacial score (nSPS) is 13.9. The largest absolute Gasteiger partial charge is 0.455 e. The highest BCUT2D eigenvalue weighted by atomic mass is 35.5. The Balaban J connectivity index is 1.65. The smallest absolute Gasteiger partial charge is 0.196 e. The Morgan fingerprint density at radius 3 is 2.89 bits per heavy atom. The number of fused-ring (bicyclic) bond motifs is 2. The molecular weight excluding hydrogens is 484 g/mol. The lowest BCUT2D eigenvalue weighted by Crippen LogP contribution is -2.22. The topological polar surface area (TPSA) is 138 Å². The summed E-state index contributed by atoms with van der Waals surface area (Å²) in [5.74, 6) is 0.163. The quantitative estimate of drug-likeness (QED) is 0.135. The highest BCUT2D eigenvalue weighted by molar-refractivity contribution is 6.29. The highest BCUT2D eigenvalue weighted by Gasteiger charge is 2.24. The van der Waals surface area contributed by atoms with Gasteiger partial charge in [-0.1, -0.05) is 17.7 Å². The van der Waals surface area contributed by atoms with Gasteiger partial charge in [-0.3, -0.25) is 25.6 Å². The number of hydrogen-bond acceptors (Lipinski definition) is 8. The SMILES string of the molecule is Cc1cc([C@@H](C)Nc2ccc(Cl)nc2C(=N)NO)c2oc(-c3cnn4c3COCC4)c(C)c(=O)c2c1. The zero-order chi connectivity index (χ0) is 25.6. The van der Waals surface area contributed by atoms with Gasteiger partial charge in [-0.05, 0) is 44.5 Å². The van der Waals surface area contributed by atoms with E-state index in [2.05, 4.69) is 15.4 Å².